The van der Waals surface area contributed by atoms with Crippen LogP contribution in [0.1, 0.15) is 18.3 Å². The van der Waals surface area contributed by atoms with Gasteiger partial charge in [0.25, 0.3) is 5.56 Å². The number of carbonyl (C=O) groups excluding carboxylic acids is 2. The summed E-state index contributed by atoms with van der Waals surface area (Å²) in [6.07, 6.45) is 0.148. The maximum Gasteiger partial charge on any atom is 0.264 e. The Balaban J connectivity index is 2.41. The maximum absolute atomic E-state index is 13.4. The lowest BCUT2D eigenvalue weighted by Crippen LogP contribution is -2.53. The third-order valence-electron chi connectivity index (χ3n) is 5.57. The van der Waals surface area contributed by atoms with E-state index in [0.29, 0.717) is 22.4 Å². The molecule has 3 rings (SSSR count). The molecule has 1 aromatic carbocycles. The van der Waals surface area contributed by atoms with E-state index in [9.17, 15) is 14.4 Å². The van der Waals surface area contributed by atoms with Gasteiger partial charge in [-0.25, -0.2) is 4.98 Å². The molecular weight excluding hydrogens is 326 g/mol. The lowest BCUT2D eigenvalue weighted by molar-refractivity contribution is -0.136. The molecule has 7 nitrogen and oxygen atoms in total. The molecule has 1 atom stereocenters. The summed E-state index contributed by atoms with van der Waals surface area (Å²) in [6.45, 7) is 1.70. The highest BCUT2D eigenvalue weighted by Gasteiger charge is 2.44. The molecule has 2 amide bonds. The van der Waals surface area contributed by atoms with Crippen molar-refractivity contribution in [3.05, 3.63) is 16.2 Å². The number of aromatic nitrogens is 2. The second-order valence-corrected chi connectivity index (χ2v) is 7.83. The first-order valence-electron chi connectivity index (χ1n) is 8.59. The van der Waals surface area contributed by atoms with Crippen molar-refractivity contribution < 1.29 is 9.59 Å². The number of nitrogens with zero attached hydrogens (tertiary/aromatic N) is 2. The van der Waals surface area contributed by atoms with Gasteiger partial charge in [-0.15, -0.1) is 0 Å². The van der Waals surface area contributed by atoms with E-state index >= 15 is 0 Å². The molecular formula is C14H19B5N4O3. The molecule has 0 spiro atoms. The number of anilines is 1. The van der Waals surface area contributed by atoms with Crippen LogP contribution in [0, 0.1) is 6.92 Å². The van der Waals surface area contributed by atoms with Crippen LogP contribution >= 0.6 is 0 Å². The van der Waals surface area contributed by atoms with Gasteiger partial charge in [0.1, 0.15) is 51.1 Å². The zero-order chi connectivity index (χ0) is 19.5. The minimum absolute atomic E-state index is 0.148. The third kappa shape index (κ3) is 2.50. The van der Waals surface area contributed by atoms with Crippen molar-refractivity contribution in [2.45, 2.75) is 24.6 Å². The van der Waals surface area contributed by atoms with E-state index in [1.165, 1.54) is 4.57 Å². The Morgan fingerprint density at radius 2 is 1.77 bits per heavy atom. The molecule has 0 aliphatic carbocycles. The van der Waals surface area contributed by atoms with Gasteiger partial charge in [0.15, 0.2) is 0 Å². The fraction of sp³-hybridized carbons (Fsp3) is 0.286. The van der Waals surface area contributed by atoms with Crippen LogP contribution in [0.25, 0.3) is 10.9 Å². The van der Waals surface area contributed by atoms with E-state index in [-0.39, 0.29) is 17.9 Å². The number of carbonyl (C=O) groups is 2. The zero-order valence-corrected chi connectivity index (χ0v) is 16.0. The minimum Gasteiger partial charge on any atom is -0.398 e. The highest BCUT2D eigenvalue weighted by atomic mass is 16.2. The van der Waals surface area contributed by atoms with Gasteiger partial charge in [-0.05, 0) is 12.1 Å². The van der Waals surface area contributed by atoms with Gasteiger partial charge in [-0.3, -0.25) is 24.3 Å². The third-order valence-corrected chi connectivity index (χ3v) is 5.57. The van der Waals surface area contributed by atoms with E-state index < -0.39 is 17.2 Å². The molecule has 2 aromatic rings. The Labute approximate surface area is 155 Å². The quantitative estimate of drug-likeness (QED) is 0.303. The number of imide groups is 1. The molecule has 0 saturated carbocycles. The number of nitrogen functional groups attached to an aromatic ring is 1. The number of hydrogen-bond donors (Lipinski definition) is 2. The van der Waals surface area contributed by atoms with E-state index in [0.717, 1.165) is 16.4 Å². The number of benzene rings is 1. The predicted octanol–water partition coefficient (Wildman–Crippen LogP) is -6.97. The molecule has 3 N–H and O–H groups in total. The van der Waals surface area contributed by atoms with Crippen LogP contribution in [0.4, 0.5) is 5.69 Å². The van der Waals surface area contributed by atoms with E-state index in [1.54, 1.807) is 22.6 Å². The molecule has 1 aliphatic heterocycles. The molecule has 0 radical (unpaired) electrons. The summed E-state index contributed by atoms with van der Waals surface area (Å²) in [5.41, 5.74) is 9.60. The van der Waals surface area contributed by atoms with Crippen molar-refractivity contribution in [2.75, 3.05) is 5.73 Å². The van der Waals surface area contributed by atoms with Crippen molar-refractivity contribution in [3.63, 3.8) is 0 Å². The smallest absolute Gasteiger partial charge is 0.264 e. The number of piperidine rings is 1. The number of rotatable bonds is 1. The highest BCUT2D eigenvalue weighted by Crippen LogP contribution is 2.38. The topological polar surface area (TPSA) is 107 Å². The molecule has 1 aliphatic rings. The molecule has 12 heteroatoms. The standard InChI is InChI=1S/C14H19B5N4O3/c1-3-21-10-5(9(20)7(16)6(15)8(10)17)13(26)23(3)11-12(25)22-4(24)2-14(11,18)19/h11H,2,15-20H2,1H3,(H,22,24,25). The largest absolute Gasteiger partial charge is 0.398 e. The second-order valence-electron chi connectivity index (χ2n) is 7.83. The van der Waals surface area contributed by atoms with Crippen molar-refractivity contribution in [3.8, 4) is 0 Å². The SMILES string of the molecule is Bc1c(B)c(N)c2c(=O)n(C3C(=O)NC(=O)CC3(B)B)c(C)nc2c1B. The van der Waals surface area contributed by atoms with Crippen LogP contribution in [-0.4, -0.2) is 60.6 Å². The Morgan fingerprint density at radius 1 is 1.15 bits per heavy atom. The summed E-state index contributed by atoms with van der Waals surface area (Å²) in [5, 5.41) is 1.95. The summed E-state index contributed by atoms with van der Waals surface area (Å²) in [7, 11) is 9.35. The Morgan fingerprint density at radius 3 is 2.35 bits per heavy atom. The van der Waals surface area contributed by atoms with Crippen LogP contribution in [0.3, 0.4) is 0 Å². The minimum atomic E-state index is -0.828. The number of nitrogens with two attached hydrogens (primary N) is 1. The number of nitrogens with one attached hydrogen (secondary N) is 1. The summed E-state index contributed by atoms with van der Waals surface area (Å²) in [6, 6.07) is -0.828. The summed E-state index contributed by atoms with van der Waals surface area (Å²) >= 11 is 0. The van der Waals surface area contributed by atoms with Gasteiger partial charge in [-0.2, -0.15) is 0 Å². The number of aryl methyl sites for hydroxylation is 1. The van der Waals surface area contributed by atoms with Crippen molar-refractivity contribution >= 4 is 84.0 Å². The van der Waals surface area contributed by atoms with Crippen molar-refractivity contribution in [2.24, 2.45) is 0 Å². The van der Waals surface area contributed by atoms with Crippen LogP contribution < -0.4 is 33.0 Å². The van der Waals surface area contributed by atoms with Crippen LogP contribution in [0.5, 0.6) is 0 Å². The van der Waals surface area contributed by atoms with Crippen LogP contribution in [-0.2, 0) is 9.59 Å². The Bertz CT molecular complexity index is 1050. The van der Waals surface area contributed by atoms with Gasteiger partial charge < -0.3 is 5.73 Å². The van der Waals surface area contributed by atoms with Gasteiger partial charge in [0.05, 0.1) is 10.9 Å². The van der Waals surface area contributed by atoms with Crippen LogP contribution in [0.2, 0.25) is 5.21 Å². The first kappa shape index (κ1) is 18.4. The number of amides is 2. The zero-order valence-electron chi connectivity index (χ0n) is 16.0. The summed E-state index contributed by atoms with van der Waals surface area (Å²) < 4.78 is 1.38. The van der Waals surface area contributed by atoms with Crippen LogP contribution in [0.15, 0.2) is 4.79 Å². The average molecular weight is 345 g/mol. The molecule has 2 heterocycles. The molecule has 26 heavy (non-hydrogen) atoms. The molecule has 128 valence electrons. The molecule has 1 unspecified atom stereocenters. The Kier molecular flexibility index (Phi) is 4.12. The number of fused-ring (bicyclic) bond motifs is 1. The van der Waals surface area contributed by atoms with Crippen molar-refractivity contribution in [1.82, 2.24) is 14.9 Å². The highest BCUT2D eigenvalue weighted by molar-refractivity contribution is 6.61. The Hall–Kier alpha value is -2.38. The van der Waals surface area contributed by atoms with Gasteiger partial charge >= 0.3 is 0 Å². The molecule has 1 fully saturated rings. The fourth-order valence-corrected chi connectivity index (χ4v) is 3.89. The molecule has 1 saturated heterocycles. The van der Waals surface area contributed by atoms with E-state index in [2.05, 4.69) is 10.3 Å². The van der Waals surface area contributed by atoms with Gasteiger partial charge in [0.2, 0.25) is 11.8 Å². The van der Waals surface area contributed by atoms with Gasteiger partial charge in [-0.1, -0.05) is 16.4 Å². The lowest BCUT2D eigenvalue weighted by Gasteiger charge is -2.38. The lowest BCUT2D eigenvalue weighted by atomic mass is 9.47. The van der Waals surface area contributed by atoms with E-state index in [4.69, 9.17) is 5.73 Å². The fourth-order valence-electron chi connectivity index (χ4n) is 3.89. The predicted molar refractivity (Wildman–Crippen MR) is 116 cm³/mol. The maximum atomic E-state index is 13.4. The monoisotopic (exact) mass is 346 g/mol. The van der Waals surface area contributed by atoms with E-state index in [1.807, 2.05) is 23.5 Å². The molecule has 0 bridgehead atoms. The first-order valence-corrected chi connectivity index (χ1v) is 8.59. The summed E-state index contributed by atoms with van der Waals surface area (Å²) in [5.74, 6) is -0.398. The first-order chi connectivity index (χ1) is 12.0. The van der Waals surface area contributed by atoms with Gasteiger partial charge in [0, 0.05) is 12.1 Å². The van der Waals surface area contributed by atoms with Crippen molar-refractivity contribution in [1.29, 1.82) is 0 Å². The average Bonchev–Trinajstić information content (AvgIpc) is 2.51. The summed E-state index contributed by atoms with van der Waals surface area (Å²) in [4.78, 5) is 42.3. The normalized spacial score (nSPS) is 19.5. The number of hydrogen-bond acceptors (Lipinski definition) is 5. The molecule has 1 aromatic heterocycles. The second kappa shape index (κ2) is 5.82.